The highest BCUT2D eigenvalue weighted by atomic mass is 16.1. The average Bonchev–Trinajstić information content (AvgIpc) is 3.62. The lowest BCUT2D eigenvalue weighted by molar-refractivity contribution is 0.0963. The van der Waals surface area contributed by atoms with Gasteiger partial charge >= 0.3 is 0 Å². The Bertz CT molecular complexity index is 1210. The van der Waals surface area contributed by atoms with Gasteiger partial charge in [-0.2, -0.15) is 15.4 Å². The van der Waals surface area contributed by atoms with Crippen LogP contribution in [-0.4, -0.2) is 54.5 Å². The molecule has 3 aromatic rings. The van der Waals surface area contributed by atoms with E-state index >= 15 is 0 Å². The molecule has 1 saturated carbocycles. The summed E-state index contributed by atoms with van der Waals surface area (Å²) >= 11 is 0. The number of hydrogen-bond donors (Lipinski definition) is 2. The first-order valence-corrected chi connectivity index (χ1v) is 13.5. The second-order valence-corrected chi connectivity index (χ2v) is 9.79. The van der Waals surface area contributed by atoms with Gasteiger partial charge in [0.05, 0.1) is 6.20 Å². The zero-order valence-corrected chi connectivity index (χ0v) is 22.0. The number of aromatic nitrogens is 3. The van der Waals surface area contributed by atoms with Crippen LogP contribution in [0.3, 0.4) is 0 Å². The molecule has 2 aliphatic rings. The highest BCUT2D eigenvalue weighted by Gasteiger charge is 2.18. The number of anilines is 2. The first-order chi connectivity index (χ1) is 18.1. The van der Waals surface area contributed by atoms with Gasteiger partial charge in [0.15, 0.2) is 13.5 Å². The van der Waals surface area contributed by atoms with Gasteiger partial charge in [-0.05, 0) is 56.4 Å². The molecule has 2 N–H and O–H groups in total. The number of amides is 1. The molecule has 1 aromatic carbocycles. The molecule has 1 amide bonds. The maximum absolute atomic E-state index is 11.5. The van der Waals surface area contributed by atoms with Crippen molar-refractivity contribution in [2.45, 2.75) is 64.3 Å². The van der Waals surface area contributed by atoms with E-state index in [1.807, 2.05) is 41.0 Å². The molecular formula is C29H37BN6O. The molecular weight excluding hydrogens is 459 g/mol. The summed E-state index contributed by atoms with van der Waals surface area (Å²) in [6.07, 6.45) is 11.3. The minimum Gasteiger partial charge on any atom is -0.371 e. The number of carbonyl (C=O) groups is 1. The van der Waals surface area contributed by atoms with E-state index < -0.39 is 0 Å². The summed E-state index contributed by atoms with van der Waals surface area (Å²) in [5.74, 6) is 7.01. The zero-order valence-electron chi connectivity index (χ0n) is 22.0. The molecule has 2 radical (unpaired) electrons. The van der Waals surface area contributed by atoms with E-state index in [4.69, 9.17) is 7.85 Å². The van der Waals surface area contributed by atoms with Crippen LogP contribution >= 0.6 is 0 Å². The lowest BCUT2D eigenvalue weighted by atomic mass is 9.95. The fraction of sp³-hybridized carbons (Fsp3) is 0.483. The third-order valence-electron chi connectivity index (χ3n) is 7.13. The van der Waals surface area contributed by atoms with Crippen molar-refractivity contribution in [3.05, 3.63) is 53.9 Å². The summed E-state index contributed by atoms with van der Waals surface area (Å²) < 4.78 is 1.91. The molecule has 192 valence electrons. The minimum atomic E-state index is -0.0523. The van der Waals surface area contributed by atoms with Gasteiger partial charge in [0, 0.05) is 61.2 Å². The smallest absolute Gasteiger partial charge is 0.251 e. The summed E-state index contributed by atoms with van der Waals surface area (Å²) in [4.78, 5) is 18.4. The number of piperidine rings is 1. The fourth-order valence-corrected chi connectivity index (χ4v) is 5.10. The van der Waals surface area contributed by atoms with Gasteiger partial charge in [-0.15, -0.1) is 5.92 Å². The van der Waals surface area contributed by atoms with Crippen LogP contribution in [-0.2, 0) is 6.42 Å². The van der Waals surface area contributed by atoms with Gasteiger partial charge in [-0.3, -0.25) is 4.79 Å². The minimum absolute atomic E-state index is 0.0523. The van der Waals surface area contributed by atoms with Gasteiger partial charge in [0.2, 0.25) is 0 Å². The van der Waals surface area contributed by atoms with Crippen molar-refractivity contribution in [3.8, 4) is 11.7 Å². The summed E-state index contributed by atoms with van der Waals surface area (Å²) in [7, 11) is 6.89. The van der Waals surface area contributed by atoms with Crippen LogP contribution in [0.4, 0.5) is 11.5 Å². The van der Waals surface area contributed by atoms with Gasteiger partial charge in [0.25, 0.3) is 5.91 Å². The standard InChI is InChI=1S/C15H17BN2O.C14H20N4/c1-17-15(19)13-2-4-14(5-3-13)18-10-7-12(6-9-16)8-11-18;1-2-5-12-10-14(16-11-6-3-4-7-11)18-13(17-12)8-9-15-18/h2-5,12H,7-8,10-11H2,1H3,(H,17,19);8-11,16H,2-7H2,1H3. The summed E-state index contributed by atoms with van der Waals surface area (Å²) in [6, 6.07) is 12.5. The van der Waals surface area contributed by atoms with Crippen LogP contribution in [0.1, 0.15) is 67.9 Å². The van der Waals surface area contributed by atoms with Gasteiger partial charge in [-0.1, -0.05) is 26.2 Å². The molecule has 2 aromatic heterocycles. The second-order valence-electron chi connectivity index (χ2n) is 9.79. The monoisotopic (exact) mass is 496 g/mol. The van der Waals surface area contributed by atoms with E-state index in [0.29, 0.717) is 17.5 Å². The van der Waals surface area contributed by atoms with Crippen LogP contribution in [0.25, 0.3) is 5.65 Å². The SMILES string of the molecule is CCCc1cc(NC2CCCC2)n2nccc2n1.[B]C#CC1CCN(c2ccc(C(=O)NC)cc2)CC1. The number of benzene rings is 1. The van der Waals surface area contributed by atoms with Crippen LogP contribution in [0, 0.1) is 17.7 Å². The number of aryl methyl sites for hydroxylation is 1. The fourth-order valence-electron chi connectivity index (χ4n) is 5.10. The van der Waals surface area contributed by atoms with Crippen molar-refractivity contribution < 1.29 is 4.79 Å². The molecule has 3 heterocycles. The highest BCUT2D eigenvalue weighted by molar-refractivity contribution is 6.22. The Morgan fingerprint density at radius 2 is 1.84 bits per heavy atom. The van der Waals surface area contributed by atoms with Crippen molar-refractivity contribution in [2.75, 3.05) is 30.4 Å². The van der Waals surface area contributed by atoms with E-state index in [-0.39, 0.29) is 5.91 Å². The molecule has 1 saturated heterocycles. The Morgan fingerprint density at radius 1 is 1.11 bits per heavy atom. The largest absolute Gasteiger partial charge is 0.371 e. The Kier molecular flexibility index (Phi) is 9.48. The number of nitrogens with one attached hydrogen (secondary N) is 2. The summed E-state index contributed by atoms with van der Waals surface area (Å²) in [5.41, 5.74) is 3.95. The number of hydrogen-bond acceptors (Lipinski definition) is 5. The normalized spacial score (nSPS) is 16.0. The molecule has 1 aliphatic heterocycles. The third-order valence-corrected chi connectivity index (χ3v) is 7.13. The van der Waals surface area contributed by atoms with E-state index in [1.54, 1.807) is 7.05 Å². The lowest BCUT2D eigenvalue weighted by Gasteiger charge is -2.31. The molecule has 37 heavy (non-hydrogen) atoms. The summed E-state index contributed by atoms with van der Waals surface area (Å²) in [6.45, 7) is 4.16. The quantitative estimate of drug-likeness (QED) is 0.390. The molecule has 8 heteroatoms. The van der Waals surface area contributed by atoms with Crippen LogP contribution in [0.2, 0.25) is 0 Å². The molecule has 0 bridgehead atoms. The Balaban J connectivity index is 0.000000173. The highest BCUT2D eigenvalue weighted by Crippen LogP contribution is 2.24. The van der Waals surface area contributed by atoms with E-state index in [9.17, 15) is 4.79 Å². The molecule has 0 spiro atoms. The van der Waals surface area contributed by atoms with Gasteiger partial charge < -0.3 is 15.5 Å². The van der Waals surface area contributed by atoms with Crippen LogP contribution in [0.5, 0.6) is 0 Å². The maximum atomic E-state index is 11.5. The number of fused-ring (bicyclic) bond motifs is 1. The van der Waals surface area contributed by atoms with E-state index in [0.717, 1.165) is 61.6 Å². The third kappa shape index (κ3) is 7.06. The molecule has 2 fully saturated rings. The topological polar surface area (TPSA) is 74.6 Å². The second kappa shape index (κ2) is 13.2. The van der Waals surface area contributed by atoms with Gasteiger partial charge in [0.1, 0.15) is 5.82 Å². The van der Waals surface area contributed by atoms with E-state index in [2.05, 4.69) is 50.3 Å². The molecule has 0 atom stereocenters. The van der Waals surface area contributed by atoms with Crippen molar-refractivity contribution in [3.63, 3.8) is 0 Å². The Morgan fingerprint density at radius 3 is 2.49 bits per heavy atom. The van der Waals surface area contributed by atoms with Crippen molar-refractivity contribution in [1.29, 1.82) is 0 Å². The van der Waals surface area contributed by atoms with Crippen molar-refractivity contribution in [1.82, 2.24) is 19.9 Å². The molecule has 5 rings (SSSR count). The predicted octanol–water partition coefficient (Wildman–Crippen LogP) is 4.43. The summed E-state index contributed by atoms with van der Waals surface area (Å²) in [5, 5.41) is 10.6. The predicted molar refractivity (Wildman–Crippen MR) is 151 cm³/mol. The molecule has 1 aliphatic carbocycles. The Labute approximate surface area is 221 Å². The molecule has 7 nitrogen and oxygen atoms in total. The lowest BCUT2D eigenvalue weighted by Crippen LogP contribution is -2.33. The first-order valence-electron chi connectivity index (χ1n) is 13.5. The molecule has 0 unspecified atom stereocenters. The van der Waals surface area contributed by atoms with Crippen LogP contribution < -0.4 is 15.5 Å². The first kappa shape index (κ1) is 26.6. The maximum Gasteiger partial charge on any atom is 0.251 e. The van der Waals surface area contributed by atoms with Crippen LogP contribution in [0.15, 0.2) is 42.6 Å². The Hall–Kier alpha value is -3.47. The van der Waals surface area contributed by atoms with Gasteiger partial charge in [-0.25, -0.2) is 4.98 Å². The van der Waals surface area contributed by atoms with Crippen molar-refractivity contribution >= 4 is 30.9 Å². The van der Waals surface area contributed by atoms with Crippen molar-refractivity contribution in [2.24, 2.45) is 5.92 Å². The average molecular weight is 496 g/mol. The number of nitrogens with zero attached hydrogens (tertiary/aromatic N) is 4. The number of carbonyl (C=O) groups excluding carboxylic acids is 1. The zero-order chi connectivity index (χ0) is 26.0. The van der Waals surface area contributed by atoms with E-state index in [1.165, 1.54) is 25.7 Å². The number of rotatable bonds is 6.